The van der Waals surface area contributed by atoms with Gasteiger partial charge in [0.05, 0.1) is 12.2 Å². The zero-order chi connectivity index (χ0) is 25.5. The summed E-state index contributed by atoms with van der Waals surface area (Å²) in [5.74, 6) is 1.77. The number of hydrogen-bond donors (Lipinski definition) is 2. The van der Waals surface area contributed by atoms with Crippen molar-refractivity contribution in [2.45, 2.75) is 76.0 Å². The molecular formula is C29H37N5O3. The number of carbonyl (C=O) groups excluding carboxylic acids is 2. The maximum absolute atomic E-state index is 13.1. The second-order valence-corrected chi connectivity index (χ2v) is 11.2. The molecule has 2 bridgehead atoms. The van der Waals surface area contributed by atoms with Crippen LogP contribution in [0.3, 0.4) is 0 Å². The third kappa shape index (κ3) is 4.79. The normalized spacial score (nSPS) is 25.5. The topological polar surface area (TPSA) is 86.8 Å². The zero-order valence-electron chi connectivity index (χ0n) is 21.8. The SMILES string of the molecule is Cc1c(C(=O)NC2CC3CCC(C2)N3c2ccc(C(=O)NC3CCN(C)CC3)cn2)ccc2c1OCC2. The van der Waals surface area contributed by atoms with Gasteiger partial charge in [0.2, 0.25) is 0 Å². The summed E-state index contributed by atoms with van der Waals surface area (Å²) in [6.07, 6.45) is 8.62. The monoisotopic (exact) mass is 503 g/mol. The van der Waals surface area contributed by atoms with Crippen LogP contribution in [0, 0.1) is 6.92 Å². The van der Waals surface area contributed by atoms with E-state index in [0.29, 0.717) is 29.8 Å². The Hall–Kier alpha value is -3.13. The van der Waals surface area contributed by atoms with Gasteiger partial charge in [-0.2, -0.15) is 0 Å². The van der Waals surface area contributed by atoms with Gasteiger partial charge in [-0.05, 0) is 89.3 Å². The Kier molecular flexibility index (Phi) is 6.53. The predicted octanol–water partition coefficient (Wildman–Crippen LogP) is 3.08. The van der Waals surface area contributed by atoms with E-state index in [0.717, 1.165) is 75.2 Å². The van der Waals surface area contributed by atoms with Crippen LogP contribution in [0.2, 0.25) is 0 Å². The number of nitrogens with zero attached hydrogens (tertiary/aromatic N) is 3. The Morgan fingerprint density at radius 1 is 0.946 bits per heavy atom. The van der Waals surface area contributed by atoms with Gasteiger partial charge < -0.3 is 25.2 Å². The van der Waals surface area contributed by atoms with Gasteiger partial charge >= 0.3 is 0 Å². The Balaban J connectivity index is 1.07. The molecular weight excluding hydrogens is 466 g/mol. The highest BCUT2D eigenvalue weighted by Crippen LogP contribution is 2.39. The maximum Gasteiger partial charge on any atom is 0.253 e. The Bertz CT molecular complexity index is 1160. The van der Waals surface area contributed by atoms with Gasteiger partial charge in [0.1, 0.15) is 11.6 Å². The minimum absolute atomic E-state index is 0.00764. The number of likely N-dealkylation sites (tertiary alicyclic amines) is 1. The highest BCUT2D eigenvalue weighted by Gasteiger charge is 2.42. The first-order chi connectivity index (χ1) is 18.0. The van der Waals surface area contributed by atoms with E-state index in [1.54, 1.807) is 6.20 Å². The molecule has 2 unspecified atom stereocenters. The van der Waals surface area contributed by atoms with Gasteiger partial charge in [-0.1, -0.05) is 6.07 Å². The van der Waals surface area contributed by atoms with E-state index in [2.05, 4.69) is 27.5 Å². The van der Waals surface area contributed by atoms with Crippen LogP contribution >= 0.6 is 0 Å². The van der Waals surface area contributed by atoms with Crippen LogP contribution in [0.25, 0.3) is 0 Å². The lowest BCUT2D eigenvalue weighted by molar-refractivity contribution is 0.0912. The third-order valence-corrected chi connectivity index (χ3v) is 8.75. The molecule has 37 heavy (non-hydrogen) atoms. The summed E-state index contributed by atoms with van der Waals surface area (Å²) in [5.41, 5.74) is 3.47. The lowest BCUT2D eigenvalue weighted by Gasteiger charge is -2.40. The molecule has 8 heteroatoms. The molecule has 4 aliphatic rings. The van der Waals surface area contributed by atoms with Crippen molar-refractivity contribution in [2.75, 3.05) is 31.6 Å². The summed E-state index contributed by atoms with van der Waals surface area (Å²) >= 11 is 0. The van der Waals surface area contributed by atoms with E-state index in [4.69, 9.17) is 9.72 Å². The van der Waals surface area contributed by atoms with Crippen molar-refractivity contribution in [2.24, 2.45) is 0 Å². The van der Waals surface area contributed by atoms with Gasteiger partial charge in [0.15, 0.2) is 0 Å². The molecule has 4 aliphatic heterocycles. The molecule has 0 radical (unpaired) electrons. The first kappa shape index (κ1) is 24.2. The summed E-state index contributed by atoms with van der Waals surface area (Å²) in [5, 5.41) is 6.48. The second kappa shape index (κ2) is 9.97. The summed E-state index contributed by atoms with van der Waals surface area (Å²) in [6, 6.07) is 8.94. The number of carbonyl (C=O) groups is 2. The molecule has 0 spiro atoms. The summed E-state index contributed by atoms with van der Waals surface area (Å²) in [6.45, 7) is 4.71. The van der Waals surface area contributed by atoms with Crippen LogP contribution in [0.5, 0.6) is 5.75 Å². The molecule has 6 rings (SSSR count). The number of ether oxygens (including phenoxy) is 1. The molecule has 2 atom stereocenters. The molecule has 0 aliphatic carbocycles. The molecule has 8 nitrogen and oxygen atoms in total. The van der Waals surface area contributed by atoms with Gasteiger partial charge in [0, 0.05) is 47.9 Å². The minimum atomic E-state index is -0.0368. The highest BCUT2D eigenvalue weighted by molar-refractivity contribution is 5.97. The van der Waals surface area contributed by atoms with Crippen LogP contribution < -0.4 is 20.3 Å². The first-order valence-electron chi connectivity index (χ1n) is 13.8. The van der Waals surface area contributed by atoms with E-state index in [-0.39, 0.29) is 23.9 Å². The standard InChI is InChI=1S/C29H37N5O3/c1-18-25(7-3-19-11-14-37-27(18)19)29(36)32-22-15-23-5-6-24(16-22)34(23)26-8-4-20(17-30-26)28(35)31-21-9-12-33(2)13-10-21/h3-4,7-8,17,21-24H,5-6,9-16H2,1-2H3,(H,31,35)(H,32,36). The van der Waals surface area contributed by atoms with Crippen LogP contribution in [-0.2, 0) is 6.42 Å². The fraction of sp³-hybridized carbons (Fsp3) is 0.552. The molecule has 3 saturated heterocycles. The first-order valence-corrected chi connectivity index (χ1v) is 13.8. The number of rotatable bonds is 5. The molecule has 196 valence electrons. The zero-order valence-corrected chi connectivity index (χ0v) is 21.8. The largest absolute Gasteiger partial charge is 0.493 e. The number of benzene rings is 1. The number of amides is 2. The van der Waals surface area contributed by atoms with Crippen LogP contribution in [0.1, 0.15) is 70.4 Å². The molecule has 2 amide bonds. The number of fused-ring (bicyclic) bond motifs is 3. The average molecular weight is 504 g/mol. The molecule has 0 saturated carbocycles. The van der Waals surface area contributed by atoms with Gasteiger partial charge in [0.25, 0.3) is 11.8 Å². The van der Waals surface area contributed by atoms with Crippen molar-refractivity contribution >= 4 is 17.6 Å². The molecule has 2 aromatic rings. The summed E-state index contributed by atoms with van der Waals surface area (Å²) in [7, 11) is 2.12. The summed E-state index contributed by atoms with van der Waals surface area (Å²) < 4.78 is 5.76. The predicted molar refractivity (Wildman–Crippen MR) is 142 cm³/mol. The summed E-state index contributed by atoms with van der Waals surface area (Å²) in [4.78, 5) is 35.3. The van der Waals surface area contributed by atoms with Crippen LogP contribution in [0.15, 0.2) is 30.5 Å². The Labute approximate surface area is 218 Å². The number of pyridine rings is 1. The number of anilines is 1. The molecule has 5 heterocycles. The molecule has 3 fully saturated rings. The quantitative estimate of drug-likeness (QED) is 0.652. The van der Waals surface area contributed by atoms with Crippen LogP contribution in [-0.4, -0.2) is 72.6 Å². The lowest BCUT2D eigenvalue weighted by Crippen LogP contribution is -2.50. The lowest BCUT2D eigenvalue weighted by atomic mass is 9.96. The van der Waals surface area contributed by atoms with Crippen molar-refractivity contribution in [3.63, 3.8) is 0 Å². The number of aromatic nitrogens is 1. The smallest absolute Gasteiger partial charge is 0.253 e. The van der Waals surface area contributed by atoms with E-state index < -0.39 is 0 Å². The Morgan fingerprint density at radius 3 is 2.38 bits per heavy atom. The Morgan fingerprint density at radius 2 is 1.68 bits per heavy atom. The number of piperidine rings is 2. The van der Waals surface area contributed by atoms with Gasteiger partial charge in [-0.3, -0.25) is 9.59 Å². The number of nitrogens with one attached hydrogen (secondary N) is 2. The average Bonchev–Trinajstić information content (AvgIpc) is 3.48. The molecule has 1 aromatic carbocycles. The molecule has 2 N–H and O–H groups in total. The van der Waals surface area contributed by atoms with Crippen molar-refractivity contribution in [3.8, 4) is 5.75 Å². The van der Waals surface area contributed by atoms with Crippen molar-refractivity contribution in [1.29, 1.82) is 0 Å². The van der Waals surface area contributed by atoms with Gasteiger partial charge in [-0.15, -0.1) is 0 Å². The third-order valence-electron chi connectivity index (χ3n) is 8.75. The van der Waals surface area contributed by atoms with Crippen molar-refractivity contribution < 1.29 is 14.3 Å². The van der Waals surface area contributed by atoms with E-state index >= 15 is 0 Å². The second-order valence-electron chi connectivity index (χ2n) is 11.2. The fourth-order valence-corrected chi connectivity index (χ4v) is 6.68. The highest BCUT2D eigenvalue weighted by atomic mass is 16.5. The van der Waals surface area contributed by atoms with E-state index in [1.807, 2.05) is 31.2 Å². The fourth-order valence-electron chi connectivity index (χ4n) is 6.68. The van der Waals surface area contributed by atoms with Gasteiger partial charge in [-0.25, -0.2) is 4.98 Å². The minimum Gasteiger partial charge on any atom is -0.493 e. The van der Waals surface area contributed by atoms with E-state index in [9.17, 15) is 9.59 Å². The van der Waals surface area contributed by atoms with Crippen molar-refractivity contribution in [3.05, 3.63) is 52.7 Å². The number of hydrogen-bond acceptors (Lipinski definition) is 6. The van der Waals surface area contributed by atoms with Crippen LogP contribution in [0.4, 0.5) is 5.82 Å². The maximum atomic E-state index is 13.1. The van der Waals surface area contributed by atoms with Crippen molar-refractivity contribution in [1.82, 2.24) is 20.5 Å². The van der Waals surface area contributed by atoms with E-state index in [1.165, 1.54) is 5.56 Å². The molecule has 1 aromatic heterocycles.